The molecule has 1 saturated heterocycles. The fourth-order valence-corrected chi connectivity index (χ4v) is 4.19. The molecule has 1 heterocycles. The van der Waals surface area contributed by atoms with E-state index in [0.717, 1.165) is 16.1 Å². The summed E-state index contributed by atoms with van der Waals surface area (Å²) < 4.78 is 38.5. The first-order chi connectivity index (χ1) is 13.6. The second-order valence-electron chi connectivity index (χ2n) is 7.18. The number of amides is 2. The minimum atomic E-state index is -3.70. The van der Waals surface area contributed by atoms with Crippen molar-refractivity contribution in [2.45, 2.75) is 19.0 Å². The first-order valence-corrected chi connectivity index (χ1v) is 10.8. The van der Waals surface area contributed by atoms with Gasteiger partial charge in [-0.05, 0) is 36.8 Å². The molecule has 0 aliphatic carbocycles. The van der Waals surface area contributed by atoms with E-state index in [2.05, 4.69) is 5.32 Å². The fourth-order valence-electron chi connectivity index (χ4n) is 3.36. The number of carbonyl (C=O) groups is 2. The maximum absolute atomic E-state index is 13.4. The van der Waals surface area contributed by atoms with Gasteiger partial charge in [-0.2, -0.15) is 4.31 Å². The number of hydrogen-bond acceptors (Lipinski definition) is 4. The summed E-state index contributed by atoms with van der Waals surface area (Å²) >= 11 is 0. The van der Waals surface area contributed by atoms with Gasteiger partial charge in [-0.25, -0.2) is 12.8 Å². The number of hydrogen-bond donors (Lipinski definition) is 1. The van der Waals surface area contributed by atoms with E-state index in [9.17, 15) is 22.4 Å². The van der Waals surface area contributed by atoms with Crippen LogP contribution in [-0.2, 0) is 26.2 Å². The molecule has 2 aromatic rings. The Bertz CT molecular complexity index is 1010. The molecule has 29 heavy (non-hydrogen) atoms. The van der Waals surface area contributed by atoms with Crippen LogP contribution in [0.3, 0.4) is 0 Å². The third-order valence-corrected chi connectivity index (χ3v) is 6.07. The maximum atomic E-state index is 13.4. The summed E-state index contributed by atoms with van der Waals surface area (Å²) in [6, 6.07) is 14.4. The van der Waals surface area contributed by atoms with Gasteiger partial charge in [0.1, 0.15) is 11.4 Å². The molecule has 1 unspecified atom stereocenters. The van der Waals surface area contributed by atoms with Crippen LogP contribution in [0.1, 0.15) is 12.5 Å². The van der Waals surface area contributed by atoms with Gasteiger partial charge in [0.15, 0.2) is 0 Å². The number of nitrogens with zero attached hydrogens (tertiary/aromatic N) is 2. The Morgan fingerprint density at radius 1 is 1.14 bits per heavy atom. The monoisotopic (exact) mass is 419 g/mol. The van der Waals surface area contributed by atoms with Crippen molar-refractivity contribution < 1.29 is 22.4 Å². The quantitative estimate of drug-likeness (QED) is 0.796. The normalized spacial score (nSPS) is 20.5. The summed E-state index contributed by atoms with van der Waals surface area (Å²) in [5.41, 5.74) is -0.327. The molecule has 1 atom stereocenters. The van der Waals surface area contributed by atoms with Crippen LogP contribution in [-0.4, -0.2) is 49.4 Å². The van der Waals surface area contributed by atoms with Crippen molar-refractivity contribution in [3.05, 3.63) is 66.0 Å². The lowest BCUT2D eigenvalue weighted by Gasteiger charge is -2.46. The van der Waals surface area contributed by atoms with Crippen LogP contribution < -0.4 is 10.2 Å². The van der Waals surface area contributed by atoms with E-state index < -0.39 is 39.7 Å². The summed E-state index contributed by atoms with van der Waals surface area (Å²) in [7, 11) is -3.70. The third kappa shape index (κ3) is 4.46. The number of sulfonamides is 1. The fraction of sp³-hybridized carbons (Fsp3) is 0.300. The zero-order valence-electron chi connectivity index (χ0n) is 16.1. The molecule has 1 fully saturated rings. The highest BCUT2D eigenvalue weighted by Gasteiger charge is 2.50. The highest BCUT2D eigenvalue weighted by molar-refractivity contribution is 7.88. The van der Waals surface area contributed by atoms with E-state index in [4.69, 9.17) is 0 Å². The van der Waals surface area contributed by atoms with Crippen LogP contribution >= 0.6 is 0 Å². The molecule has 0 aromatic heterocycles. The van der Waals surface area contributed by atoms with Gasteiger partial charge in [0.25, 0.3) is 0 Å². The van der Waals surface area contributed by atoms with E-state index in [0.29, 0.717) is 5.69 Å². The Morgan fingerprint density at radius 3 is 2.34 bits per heavy atom. The zero-order valence-corrected chi connectivity index (χ0v) is 16.9. The summed E-state index contributed by atoms with van der Waals surface area (Å²) in [6.07, 6.45) is 0.996. The van der Waals surface area contributed by atoms with Gasteiger partial charge in [0, 0.05) is 18.8 Å². The molecule has 0 saturated carbocycles. The summed E-state index contributed by atoms with van der Waals surface area (Å²) in [5, 5.41) is 2.78. The van der Waals surface area contributed by atoms with E-state index in [1.165, 1.54) is 36.1 Å². The van der Waals surface area contributed by atoms with E-state index in [1.54, 1.807) is 0 Å². The Kier molecular flexibility index (Phi) is 5.72. The van der Waals surface area contributed by atoms with Crippen LogP contribution in [0.4, 0.5) is 10.1 Å². The minimum Gasteiger partial charge on any atom is -0.350 e. The molecule has 9 heteroatoms. The van der Waals surface area contributed by atoms with Gasteiger partial charge in [0.05, 0.1) is 12.8 Å². The maximum Gasteiger partial charge on any atom is 0.247 e. The Labute approximate surface area is 169 Å². The van der Waals surface area contributed by atoms with Crippen molar-refractivity contribution in [3.8, 4) is 0 Å². The predicted octanol–water partition coefficient (Wildman–Crippen LogP) is 1.51. The van der Waals surface area contributed by atoms with Crippen LogP contribution in [0, 0.1) is 5.82 Å². The molecule has 2 aromatic carbocycles. The van der Waals surface area contributed by atoms with Crippen molar-refractivity contribution in [2.24, 2.45) is 0 Å². The highest BCUT2D eigenvalue weighted by Crippen LogP contribution is 2.30. The molecule has 3 rings (SSSR count). The second-order valence-corrected chi connectivity index (χ2v) is 9.16. The SMILES string of the molecule is CC1(C(=O)NCc2ccccc2)CN(S(C)(=O)=O)CC(=O)N1c1ccc(F)cc1. The third-order valence-electron chi connectivity index (χ3n) is 4.88. The van der Waals surface area contributed by atoms with E-state index in [-0.39, 0.29) is 13.1 Å². The second kappa shape index (κ2) is 7.92. The van der Waals surface area contributed by atoms with Gasteiger partial charge >= 0.3 is 0 Å². The van der Waals surface area contributed by atoms with Crippen molar-refractivity contribution >= 4 is 27.5 Å². The standard InChI is InChI=1S/C20H22FN3O4S/c1-20(19(26)22-12-15-6-4-3-5-7-15)14-23(29(2,27)28)13-18(25)24(20)17-10-8-16(21)9-11-17/h3-11H,12-14H2,1-2H3,(H,22,26). The van der Waals surface area contributed by atoms with E-state index in [1.807, 2.05) is 30.3 Å². The number of halogens is 1. The first-order valence-electron chi connectivity index (χ1n) is 8.97. The van der Waals surface area contributed by atoms with Crippen LogP contribution in [0.5, 0.6) is 0 Å². The van der Waals surface area contributed by atoms with Gasteiger partial charge in [-0.1, -0.05) is 30.3 Å². The summed E-state index contributed by atoms with van der Waals surface area (Å²) in [6.45, 7) is 1.12. The number of rotatable bonds is 5. The van der Waals surface area contributed by atoms with Crippen LogP contribution in [0.15, 0.2) is 54.6 Å². The van der Waals surface area contributed by atoms with Crippen LogP contribution in [0.25, 0.3) is 0 Å². The largest absolute Gasteiger partial charge is 0.350 e. The Balaban J connectivity index is 1.95. The number of anilines is 1. The lowest BCUT2D eigenvalue weighted by molar-refractivity contribution is -0.133. The van der Waals surface area contributed by atoms with Gasteiger partial charge in [-0.3, -0.25) is 14.5 Å². The molecular formula is C20H22FN3O4S. The molecule has 154 valence electrons. The van der Waals surface area contributed by atoms with Crippen molar-refractivity contribution in [2.75, 3.05) is 24.2 Å². The molecule has 1 N–H and O–H groups in total. The van der Waals surface area contributed by atoms with E-state index >= 15 is 0 Å². The smallest absolute Gasteiger partial charge is 0.247 e. The molecule has 0 radical (unpaired) electrons. The number of nitrogens with one attached hydrogen (secondary N) is 1. The van der Waals surface area contributed by atoms with Crippen molar-refractivity contribution in [1.29, 1.82) is 0 Å². The highest BCUT2D eigenvalue weighted by atomic mass is 32.2. The van der Waals surface area contributed by atoms with Gasteiger partial charge in [-0.15, -0.1) is 0 Å². The molecule has 1 aliphatic rings. The van der Waals surface area contributed by atoms with Gasteiger partial charge < -0.3 is 5.32 Å². The minimum absolute atomic E-state index is 0.213. The Morgan fingerprint density at radius 2 is 1.76 bits per heavy atom. The van der Waals surface area contributed by atoms with Gasteiger partial charge in [0.2, 0.25) is 21.8 Å². The first kappa shape index (κ1) is 20.9. The lowest BCUT2D eigenvalue weighted by atomic mass is 9.94. The number of benzene rings is 2. The number of piperazine rings is 1. The average molecular weight is 419 g/mol. The number of carbonyl (C=O) groups excluding carboxylic acids is 2. The van der Waals surface area contributed by atoms with Crippen molar-refractivity contribution in [3.63, 3.8) is 0 Å². The molecule has 0 spiro atoms. The predicted molar refractivity (Wildman–Crippen MR) is 107 cm³/mol. The average Bonchev–Trinajstić information content (AvgIpc) is 2.67. The lowest BCUT2D eigenvalue weighted by Crippen LogP contribution is -2.70. The summed E-state index contributed by atoms with van der Waals surface area (Å²) in [5.74, 6) is -1.55. The molecule has 2 amide bonds. The molecule has 1 aliphatic heterocycles. The molecular weight excluding hydrogens is 397 g/mol. The molecule has 7 nitrogen and oxygen atoms in total. The molecule has 0 bridgehead atoms. The summed E-state index contributed by atoms with van der Waals surface area (Å²) in [4.78, 5) is 27.3. The Hall–Kier alpha value is -2.78. The van der Waals surface area contributed by atoms with Crippen LogP contribution in [0.2, 0.25) is 0 Å². The topological polar surface area (TPSA) is 86.8 Å². The zero-order chi connectivity index (χ0) is 21.2. The van der Waals surface area contributed by atoms with Crippen molar-refractivity contribution in [1.82, 2.24) is 9.62 Å².